The molecule has 4 N–H and O–H groups in total. The van der Waals surface area contributed by atoms with Crippen LogP contribution in [0.15, 0.2) is 30.6 Å². The number of hydrogen-bond donors (Lipinski definition) is 3. The van der Waals surface area contributed by atoms with Gasteiger partial charge in [0.25, 0.3) is 0 Å². The second kappa shape index (κ2) is 7.35. The van der Waals surface area contributed by atoms with Crippen molar-refractivity contribution in [2.24, 2.45) is 0 Å². The van der Waals surface area contributed by atoms with Crippen molar-refractivity contribution in [2.75, 3.05) is 35.6 Å². The lowest BCUT2D eigenvalue weighted by Crippen LogP contribution is -2.28. The maximum atomic E-state index is 12.6. The number of hydrogen-bond acceptors (Lipinski definition) is 6. The monoisotopic (exact) mass is 341 g/mol. The van der Waals surface area contributed by atoms with Crippen LogP contribution >= 0.6 is 0 Å². The van der Waals surface area contributed by atoms with Crippen LogP contribution in [-0.2, 0) is 6.18 Å². The molecule has 0 aliphatic carbocycles. The van der Waals surface area contributed by atoms with Gasteiger partial charge >= 0.3 is 6.18 Å². The molecule has 24 heavy (non-hydrogen) atoms. The molecule has 9 heteroatoms. The number of alkyl halides is 3. The van der Waals surface area contributed by atoms with E-state index in [0.717, 1.165) is 12.1 Å². The summed E-state index contributed by atoms with van der Waals surface area (Å²) in [6.07, 6.45) is -3.08. The number of benzene rings is 1. The van der Waals surface area contributed by atoms with Gasteiger partial charge in [0.05, 0.1) is 12.2 Å². The van der Waals surface area contributed by atoms with E-state index in [9.17, 15) is 13.2 Å². The fourth-order valence-corrected chi connectivity index (χ4v) is 2.15. The van der Waals surface area contributed by atoms with Crippen molar-refractivity contribution in [1.29, 1.82) is 0 Å². The quantitative estimate of drug-likeness (QED) is 0.749. The molecule has 2 rings (SSSR count). The number of aliphatic hydroxyl groups excluding tert-OH is 1. The van der Waals surface area contributed by atoms with Crippen molar-refractivity contribution in [3.05, 3.63) is 36.2 Å². The maximum absolute atomic E-state index is 12.6. The molecular formula is C15H18F3N5O. The highest BCUT2D eigenvalue weighted by molar-refractivity contribution is 5.78. The van der Waals surface area contributed by atoms with Crippen LogP contribution in [0, 0.1) is 0 Å². The Morgan fingerprint density at radius 2 is 1.88 bits per heavy atom. The molecule has 0 bridgehead atoms. The first-order valence-electron chi connectivity index (χ1n) is 7.27. The van der Waals surface area contributed by atoms with Gasteiger partial charge in [-0.3, -0.25) is 0 Å². The van der Waals surface area contributed by atoms with Crippen LogP contribution in [-0.4, -0.2) is 34.8 Å². The van der Waals surface area contributed by atoms with Crippen LogP contribution < -0.4 is 16.0 Å². The fourth-order valence-electron chi connectivity index (χ4n) is 2.15. The smallest absolute Gasteiger partial charge is 0.395 e. The minimum Gasteiger partial charge on any atom is -0.395 e. The van der Waals surface area contributed by atoms with Crippen molar-refractivity contribution < 1.29 is 18.3 Å². The second-order valence-corrected chi connectivity index (χ2v) is 4.96. The van der Waals surface area contributed by atoms with Gasteiger partial charge in [-0.15, -0.1) is 0 Å². The highest BCUT2D eigenvalue weighted by atomic mass is 19.4. The molecule has 1 aromatic carbocycles. The van der Waals surface area contributed by atoms with Crippen molar-refractivity contribution in [3.63, 3.8) is 0 Å². The average molecular weight is 341 g/mol. The zero-order valence-corrected chi connectivity index (χ0v) is 13.0. The lowest BCUT2D eigenvalue weighted by atomic mass is 10.2. The summed E-state index contributed by atoms with van der Waals surface area (Å²) in [5.41, 5.74) is 5.99. The molecule has 1 aromatic heterocycles. The van der Waals surface area contributed by atoms with E-state index in [0.29, 0.717) is 24.6 Å². The van der Waals surface area contributed by atoms with Crippen LogP contribution in [0.3, 0.4) is 0 Å². The van der Waals surface area contributed by atoms with E-state index in [2.05, 4.69) is 15.3 Å². The number of aliphatic hydroxyl groups is 1. The van der Waals surface area contributed by atoms with Crippen molar-refractivity contribution in [2.45, 2.75) is 13.1 Å². The van der Waals surface area contributed by atoms with Gasteiger partial charge in [0.2, 0.25) is 0 Å². The summed E-state index contributed by atoms with van der Waals surface area (Å²) in [5, 5.41) is 12.0. The fraction of sp³-hybridized carbons (Fsp3) is 0.333. The van der Waals surface area contributed by atoms with Gasteiger partial charge in [-0.1, -0.05) is 0 Å². The Labute approximate surface area is 137 Å². The summed E-state index contributed by atoms with van der Waals surface area (Å²) in [4.78, 5) is 9.90. The molecule has 0 spiro atoms. The summed E-state index contributed by atoms with van der Waals surface area (Å²) in [7, 11) is 0. The number of aromatic nitrogens is 2. The van der Waals surface area contributed by atoms with Crippen LogP contribution in [0.1, 0.15) is 12.5 Å². The van der Waals surface area contributed by atoms with Crippen LogP contribution in [0.4, 0.5) is 36.2 Å². The first-order chi connectivity index (χ1) is 11.4. The molecule has 2 aromatic rings. The summed E-state index contributed by atoms with van der Waals surface area (Å²) in [5.74, 6) is 0.743. The first-order valence-corrected chi connectivity index (χ1v) is 7.27. The van der Waals surface area contributed by atoms with Gasteiger partial charge in [-0.2, -0.15) is 13.2 Å². The molecular weight excluding hydrogens is 323 g/mol. The number of nitrogens with one attached hydrogen (secondary N) is 1. The van der Waals surface area contributed by atoms with Gasteiger partial charge in [-0.25, -0.2) is 9.97 Å². The number of halogens is 3. The zero-order chi connectivity index (χ0) is 17.7. The lowest BCUT2D eigenvalue weighted by molar-refractivity contribution is -0.137. The van der Waals surface area contributed by atoms with Crippen LogP contribution in [0.2, 0.25) is 0 Å². The molecule has 0 aliphatic rings. The van der Waals surface area contributed by atoms with Gasteiger partial charge in [0.1, 0.15) is 12.0 Å². The average Bonchev–Trinajstić information content (AvgIpc) is 2.54. The van der Waals surface area contributed by atoms with Crippen LogP contribution in [0.5, 0.6) is 0 Å². The van der Waals surface area contributed by atoms with Gasteiger partial charge in [0, 0.05) is 18.8 Å². The van der Waals surface area contributed by atoms with E-state index in [-0.39, 0.29) is 18.1 Å². The van der Waals surface area contributed by atoms with E-state index in [1.807, 2.05) is 6.92 Å². The van der Waals surface area contributed by atoms with E-state index in [1.165, 1.54) is 18.5 Å². The second-order valence-electron chi connectivity index (χ2n) is 4.96. The Morgan fingerprint density at radius 1 is 1.21 bits per heavy atom. The van der Waals surface area contributed by atoms with E-state index in [1.54, 1.807) is 4.90 Å². The van der Waals surface area contributed by atoms with Crippen LogP contribution in [0.25, 0.3) is 0 Å². The zero-order valence-electron chi connectivity index (χ0n) is 13.0. The number of nitrogens with two attached hydrogens (primary N) is 1. The van der Waals surface area contributed by atoms with Crippen molar-refractivity contribution in [3.8, 4) is 0 Å². The highest BCUT2D eigenvalue weighted by Crippen LogP contribution is 2.32. The Morgan fingerprint density at radius 3 is 2.42 bits per heavy atom. The third-order valence-electron chi connectivity index (χ3n) is 3.39. The standard InChI is InChI=1S/C15H18F3N5O/c1-2-23(7-8-24)14-12(19)13(20-9-21-14)22-11-5-3-10(4-6-11)15(16,17)18/h3-6,9,24H,2,7-8,19H2,1H3,(H,20,21,22). The number of nitrogen functional groups attached to an aromatic ring is 1. The Balaban J connectivity index is 2.24. The molecule has 0 saturated carbocycles. The Bertz CT molecular complexity index is 676. The summed E-state index contributed by atoms with van der Waals surface area (Å²) < 4.78 is 37.7. The third-order valence-corrected chi connectivity index (χ3v) is 3.39. The topological polar surface area (TPSA) is 87.3 Å². The van der Waals surface area contributed by atoms with E-state index < -0.39 is 11.7 Å². The van der Waals surface area contributed by atoms with Crippen molar-refractivity contribution >= 4 is 23.0 Å². The van der Waals surface area contributed by atoms with Gasteiger partial charge < -0.3 is 21.1 Å². The van der Waals surface area contributed by atoms with Crippen molar-refractivity contribution in [1.82, 2.24) is 9.97 Å². The molecule has 0 radical (unpaired) electrons. The SMILES string of the molecule is CCN(CCO)c1ncnc(Nc2ccc(C(F)(F)F)cc2)c1N. The minimum absolute atomic E-state index is 0.0566. The maximum Gasteiger partial charge on any atom is 0.416 e. The predicted octanol–water partition coefficient (Wildman–Crippen LogP) is 2.64. The summed E-state index contributed by atoms with van der Waals surface area (Å²) in [6, 6.07) is 4.56. The number of likely N-dealkylation sites (N-methyl/N-ethyl adjacent to an activating group) is 1. The molecule has 130 valence electrons. The summed E-state index contributed by atoms with van der Waals surface area (Å²) >= 11 is 0. The molecule has 0 fully saturated rings. The first kappa shape index (κ1) is 17.8. The van der Waals surface area contributed by atoms with E-state index >= 15 is 0 Å². The molecule has 0 amide bonds. The molecule has 6 nitrogen and oxygen atoms in total. The molecule has 1 heterocycles. The molecule has 0 atom stereocenters. The van der Waals surface area contributed by atoms with Gasteiger partial charge in [0.15, 0.2) is 11.6 Å². The minimum atomic E-state index is -4.38. The molecule has 0 aliphatic heterocycles. The third kappa shape index (κ3) is 4.05. The van der Waals surface area contributed by atoms with Gasteiger partial charge in [-0.05, 0) is 31.2 Å². The predicted molar refractivity (Wildman–Crippen MR) is 86.1 cm³/mol. The number of anilines is 4. The molecule has 0 unspecified atom stereocenters. The molecule has 0 saturated heterocycles. The summed E-state index contributed by atoms with van der Waals surface area (Å²) in [6.45, 7) is 2.78. The number of nitrogens with zero attached hydrogens (tertiary/aromatic N) is 3. The Kier molecular flexibility index (Phi) is 5.45. The lowest BCUT2D eigenvalue weighted by Gasteiger charge is -2.23. The largest absolute Gasteiger partial charge is 0.416 e. The number of rotatable bonds is 6. The highest BCUT2D eigenvalue weighted by Gasteiger charge is 2.30. The normalized spacial score (nSPS) is 11.4. The van der Waals surface area contributed by atoms with E-state index in [4.69, 9.17) is 10.8 Å². The Hall–Kier alpha value is -2.55.